The largest absolute Gasteiger partial charge is 0.491 e. The highest BCUT2D eigenvalue weighted by Crippen LogP contribution is 2.21. The molecule has 1 aliphatic rings. The quantitative estimate of drug-likeness (QED) is 0.728. The Labute approximate surface area is 159 Å². The minimum Gasteiger partial charge on any atom is -0.491 e. The second kappa shape index (κ2) is 9.19. The lowest BCUT2D eigenvalue weighted by Gasteiger charge is -2.16. The number of carbonyl (C=O) groups is 2. The zero-order valence-corrected chi connectivity index (χ0v) is 15.4. The minimum atomic E-state index is -0.161. The Hall–Kier alpha value is -2.86. The summed E-state index contributed by atoms with van der Waals surface area (Å²) in [6.45, 7) is 2.13. The van der Waals surface area contributed by atoms with Gasteiger partial charge in [-0.3, -0.25) is 9.59 Å². The van der Waals surface area contributed by atoms with Crippen LogP contribution in [0.25, 0.3) is 0 Å². The average Bonchev–Trinajstić information content (AvgIpc) is 3.13. The number of hydrogen-bond acceptors (Lipinski definition) is 4. The van der Waals surface area contributed by atoms with Crippen molar-refractivity contribution in [1.82, 2.24) is 5.32 Å². The van der Waals surface area contributed by atoms with Crippen molar-refractivity contribution in [1.29, 1.82) is 0 Å². The second-order valence-electron chi connectivity index (χ2n) is 6.37. The van der Waals surface area contributed by atoms with Gasteiger partial charge < -0.3 is 19.7 Å². The molecule has 0 spiro atoms. The molecule has 1 fully saturated rings. The van der Waals surface area contributed by atoms with Crippen LogP contribution in [0.15, 0.2) is 48.5 Å². The number of carbonyl (C=O) groups excluding carboxylic acids is 2. The summed E-state index contributed by atoms with van der Waals surface area (Å²) >= 11 is 0. The van der Waals surface area contributed by atoms with Gasteiger partial charge in [0.25, 0.3) is 5.91 Å². The highest BCUT2D eigenvalue weighted by molar-refractivity contribution is 5.95. The summed E-state index contributed by atoms with van der Waals surface area (Å²) in [6.07, 6.45) is 1.52. The van der Waals surface area contributed by atoms with Gasteiger partial charge in [0, 0.05) is 37.9 Å². The molecule has 1 heterocycles. The van der Waals surface area contributed by atoms with Crippen LogP contribution in [0.2, 0.25) is 0 Å². The number of rotatable bonds is 8. The third kappa shape index (κ3) is 5.08. The Balaban J connectivity index is 1.54. The second-order valence-corrected chi connectivity index (χ2v) is 6.37. The Morgan fingerprint density at radius 1 is 1.15 bits per heavy atom. The van der Waals surface area contributed by atoms with E-state index in [0.717, 1.165) is 24.2 Å². The van der Waals surface area contributed by atoms with Crippen molar-refractivity contribution in [3.05, 3.63) is 59.7 Å². The van der Waals surface area contributed by atoms with Gasteiger partial charge in [0.1, 0.15) is 12.4 Å². The Morgan fingerprint density at radius 3 is 2.67 bits per heavy atom. The van der Waals surface area contributed by atoms with Gasteiger partial charge in [0.2, 0.25) is 5.91 Å². The normalized spacial score (nSPS) is 13.7. The van der Waals surface area contributed by atoms with Crippen LogP contribution in [-0.4, -0.2) is 38.7 Å². The Morgan fingerprint density at radius 2 is 1.96 bits per heavy atom. The first-order valence-corrected chi connectivity index (χ1v) is 9.06. The molecule has 0 aromatic heterocycles. The fourth-order valence-corrected chi connectivity index (χ4v) is 2.97. The van der Waals surface area contributed by atoms with Crippen LogP contribution in [0, 0.1) is 0 Å². The van der Waals surface area contributed by atoms with Crippen LogP contribution in [0.4, 0.5) is 5.69 Å². The van der Waals surface area contributed by atoms with E-state index >= 15 is 0 Å². The maximum Gasteiger partial charge on any atom is 0.251 e. The van der Waals surface area contributed by atoms with Crippen molar-refractivity contribution in [3.63, 3.8) is 0 Å². The number of nitrogens with zero attached hydrogens (tertiary/aromatic N) is 1. The SMILES string of the molecule is COCCOc1cccc(C(=O)NCc2ccc(N3CCCC3=O)cc2)c1. The first-order valence-electron chi connectivity index (χ1n) is 9.06. The lowest BCUT2D eigenvalue weighted by atomic mass is 10.1. The summed E-state index contributed by atoms with van der Waals surface area (Å²) in [5.74, 6) is 0.647. The maximum atomic E-state index is 12.4. The van der Waals surface area contributed by atoms with E-state index in [-0.39, 0.29) is 11.8 Å². The molecule has 6 nitrogen and oxygen atoms in total. The number of nitrogens with one attached hydrogen (secondary N) is 1. The summed E-state index contributed by atoms with van der Waals surface area (Å²) in [6, 6.07) is 14.8. The molecule has 0 bridgehead atoms. The summed E-state index contributed by atoms with van der Waals surface area (Å²) in [5.41, 5.74) is 2.43. The molecule has 0 aliphatic carbocycles. The Bertz CT molecular complexity index is 789. The summed E-state index contributed by atoms with van der Waals surface area (Å²) in [4.78, 5) is 26.0. The summed E-state index contributed by atoms with van der Waals surface area (Å²) in [5, 5.41) is 2.91. The predicted octanol–water partition coefficient (Wildman–Crippen LogP) is 2.77. The van der Waals surface area contributed by atoms with E-state index < -0.39 is 0 Å². The van der Waals surface area contributed by atoms with E-state index in [9.17, 15) is 9.59 Å². The summed E-state index contributed by atoms with van der Waals surface area (Å²) < 4.78 is 10.5. The number of hydrogen-bond donors (Lipinski definition) is 1. The van der Waals surface area contributed by atoms with Crippen molar-refractivity contribution in [2.24, 2.45) is 0 Å². The molecule has 2 amide bonds. The van der Waals surface area contributed by atoms with Crippen LogP contribution in [0.1, 0.15) is 28.8 Å². The molecule has 0 radical (unpaired) electrons. The molecule has 1 N–H and O–H groups in total. The fraction of sp³-hybridized carbons (Fsp3) is 0.333. The molecule has 0 atom stereocenters. The van der Waals surface area contributed by atoms with Crippen molar-refractivity contribution in [2.45, 2.75) is 19.4 Å². The Kier molecular flexibility index (Phi) is 6.44. The molecule has 3 rings (SSSR count). The highest BCUT2D eigenvalue weighted by atomic mass is 16.5. The molecule has 0 unspecified atom stereocenters. The topological polar surface area (TPSA) is 67.9 Å². The van der Waals surface area contributed by atoms with Gasteiger partial charge in [-0.25, -0.2) is 0 Å². The number of benzene rings is 2. The van der Waals surface area contributed by atoms with E-state index in [1.54, 1.807) is 30.2 Å². The first-order chi connectivity index (χ1) is 13.2. The lowest BCUT2D eigenvalue weighted by molar-refractivity contribution is -0.117. The van der Waals surface area contributed by atoms with Crippen molar-refractivity contribution < 1.29 is 19.1 Å². The highest BCUT2D eigenvalue weighted by Gasteiger charge is 2.21. The molecule has 2 aromatic carbocycles. The van der Waals surface area contributed by atoms with E-state index in [2.05, 4.69) is 5.32 Å². The number of ether oxygens (including phenoxy) is 2. The van der Waals surface area contributed by atoms with Gasteiger partial charge in [-0.05, 0) is 42.3 Å². The van der Waals surface area contributed by atoms with E-state index in [4.69, 9.17) is 9.47 Å². The molecule has 142 valence electrons. The van der Waals surface area contributed by atoms with Crippen molar-refractivity contribution >= 4 is 17.5 Å². The molecule has 2 aromatic rings. The fourth-order valence-electron chi connectivity index (χ4n) is 2.97. The number of methoxy groups -OCH3 is 1. The smallest absolute Gasteiger partial charge is 0.251 e. The zero-order chi connectivity index (χ0) is 19.1. The molecule has 0 saturated carbocycles. The number of amides is 2. The van der Waals surface area contributed by atoms with Crippen LogP contribution in [0.3, 0.4) is 0 Å². The van der Waals surface area contributed by atoms with Gasteiger partial charge in [0.15, 0.2) is 0 Å². The molecular weight excluding hydrogens is 344 g/mol. The monoisotopic (exact) mass is 368 g/mol. The maximum absolute atomic E-state index is 12.4. The van der Waals surface area contributed by atoms with Crippen molar-refractivity contribution in [3.8, 4) is 5.75 Å². The predicted molar refractivity (Wildman–Crippen MR) is 103 cm³/mol. The molecular formula is C21H24N2O4. The standard InChI is InChI=1S/C21H24N2O4/c1-26-12-13-27-19-5-2-4-17(14-19)21(25)22-15-16-7-9-18(10-8-16)23-11-3-6-20(23)24/h2,4-5,7-10,14H,3,6,11-13,15H2,1H3,(H,22,25). The third-order valence-electron chi connectivity index (χ3n) is 4.43. The lowest BCUT2D eigenvalue weighted by Crippen LogP contribution is -2.24. The van der Waals surface area contributed by atoms with Crippen LogP contribution < -0.4 is 15.0 Å². The van der Waals surface area contributed by atoms with Gasteiger partial charge in [-0.15, -0.1) is 0 Å². The zero-order valence-electron chi connectivity index (χ0n) is 15.4. The van der Waals surface area contributed by atoms with Gasteiger partial charge in [-0.2, -0.15) is 0 Å². The average molecular weight is 368 g/mol. The van der Waals surface area contributed by atoms with Crippen LogP contribution >= 0.6 is 0 Å². The first kappa shape index (κ1) is 18.9. The van der Waals surface area contributed by atoms with Gasteiger partial charge >= 0.3 is 0 Å². The number of anilines is 1. The van der Waals surface area contributed by atoms with Gasteiger partial charge in [-0.1, -0.05) is 18.2 Å². The molecule has 27 heavy (non-hydrogen) atoms. The molecule has 1 aliphatic heterocycles. The van der Waals surface area contributed by atoms with E-state index in [0.29, 0.717) is 37.5 Å². The van der Waals surface area contributed by atoms with Crippen LogP contribution in [-0.2, 0) is 16.1 Å². The summed E-state index contributed by atoms with van der Waals surface area (Å²) in [7, 11) is 1.61. The van der Waals surface area contributed by atoms with Crippen LogP contribution in [0.5, 0.6) is 5.75 Å². The van der Waals surface area contributed by atoms with E-state index in [1.165, 1.54) is 0 Å². The van der Waals surface area contributed by atoms with Gasteiger partial charge in [0.05, 0.1) is 6.61 Å². The molecule has 6 heteroatoms. The van der Waals surface area contributed by atoms with E-state index in [1.807, 2.05) is 30.3 Å². The molecule has 1 saturated heterocycles. The third-order valence-corrected chi connectivity index (χ3v) is 4.43. The minimum absolute atomic E-state index is 0.161. The van der Waals surface area contributed by atoms with Crippen molar-refractivity contribution in [2.75, 3.05) is 31.8 Å².